The van der Waals surface area contributed by atoms with E-state index >= 15 is 0 Å². The summed E-state index contributed by atoms with van der Waals surface area (Å²) in [6.07, 6.45) is 78.3. The Hall–Kier alpha value is -1.85. The molecule has 0 radical (unpaired) electrons. The molecule has 1 atom stereocenters. The Morgan fingerprint density at radius 1 is 0.250 bits per heavy atom. The topological polar surface area (TPSA) is 78.9 Å². The molecule has 6 heteroatoms. The molecule has 0 heterocycles. The SMILES string of the molecule is CCCC/C=C\CCCCCCCC(=O)OCC(COC(=O)CCCCCCCCCCCCCCCCCCCCCCCCCCCCCCCC)OC(=O)CCCCCCCCCCCCCCCCCCC. The highest BCUT2D eigenvalue weighted by Crippen LogP contribution is 2.19. The number of ether oxygens (including phenoxy) is 3. The molecule has 0 aliphatic rings. The molecule has 0 aromatic heterocycles. The predicted molar refractivity (Wildman–Crippen MR) is 330 cm³/mol. The van der Waals surface area contributed by atoms with Crippen LogP contribution in [-0.4, -0.2) is 37.2 Å². The molecular weight excluding hydrogens is 937 g/mol. The van der Waals surface area contributed by atoms with Gasteiger partial charge < -0.3 is 14.2 Å². The van der Waals surface area contributed by atoms with Crippen LogP contribution >= 0.6 is 0 Å². The van der Waals surface area contributed by atoms with Crippen LogP contribution in [0.2, 0.25) is 0 Å². The molecule has 0 spiro atoms. The fraction of sp³-hybridized carbons (Fsp3) is 0.929. The lowest BCUT2D eigenvalue weighted by molar-refractivity contribution is -0.167. The summed E-state index contributed by atoms with van der Waals surface area (Å²) in [7, 11) is 0. The number of hydrogen-bond acceptors (Lipinski definition) is 6. The Balaban J connectivity index is 4.08. The van der Waals surface area contributed by atoms with Crippen molar-refractivity contribution >= 4 is 17.9 Å². The lowest BCUT2D eigenvalue weighted by atomic mass is 10.0. The van der Waals surface area contributed by atoms with Gasteiger partial charge in [-0.1, -0.05) is 354 Å². The Morgan fingerprint density at radius 2 is 0.447 bits per heavy atom. The van der Waals surface area contributed by atoms with Gasteiger partial charge >= 0.3 is 17.9 Å². The van der Waals surface area contributed by atoms with E-state index in [2.05, 4.69) is 32.9 Å². The molecular formula is C70H134O6. The molecule has 0 bridgehead atoms. The van der Waals surface area contributed by atoms with E-state index in [4.69, 9.17) is 14.2 Å². The molecule has 0 N–H and O–H groups in total. The van der Waals surface area contributed by atoms with E-state index in [-0.39, 0.29) is 31.1 Å². The lowest BCUT2D eigenvalue weighted by Crippen LogP contribution is -2.30. The van der Waals surface area contributed by atoms with Gasteiger partial charge in [0.15, 0.2) is 6.10 Å². The van der Waals surface area contributed by atoms with Gasteiger partial charge in [0.25, 0.3) is 0 Å². The molecule has 0 saturated carbocycles. The maximum atomic E-state index is 12.9. The highest BCUT2D eigenvalue weighted by molar-refractivity contribution is 5.71. The Kier molecular flexibility index (Phi) is 64.1. The van der Waals surface area contributed by atoms with Gasteiger partial charge in [-0.3, -0.25) is 14.4 Å². The third-order valence-electron chi connectivity index (χ3n) is 16.0. The first-order valence-corrected chi connectivity index (χ1v) is 34.7. The van der Waals surface area contributed by atoms with Crippen molar-refractivity contribution < 1.29 is 28.6 Å². The molecule has 0 fully saturated rings. The number of carbonyl (C=O) groups excluding carboxylic acids is 3. The molecule has 0 aliphatic carbocycles. The maximum Gasteiger partial charge on any atom is 0.306 e. The van der Waals surface area contributed by atoms with Crippen molar-refractivity contribution in [2.45, 2.75) is 406 Å². The second kappa shape index (κ2) is 65.7. The van der Waals surface area contributed by atoms with Crippen LogP contribution in [0.15, 0.2) is 12.2 Å². The van der Waals surface area contributed by atoms with E-state index in [0.29, 0.717) is 19.3 Å². The molecule has 0 aromatic carbocycles. The normalized spacial score (nSPS) is 12.0. The zero-order chi connectivity index (χ0) is 55.0. The van der Waals surface area contributed by atoms with Crippen LogP contribution in [-0.2, 0) is 28.6 Å². The third kappa shape index (κ3) is 63.0. The second-order valence-corrected chi connectivity index (χ2v) is 23.8. The maximum absolute atomic E-state index is 12.9. The van der Waals surface area contributed by atoms with Crippen molar-refractivity contribution in [2.75, 3.05) is 13.2 Å². The number of unbranched alkanes of at least 4 members (excludes halogenated alkanes) is 52. The van der Waals surface area contributed by atoms with Crippen LogP contribution in [0.3, 0.4) is 0 Å². The van der Waals surface area contributed by atoms with Gasteiger partial charge in [-0.2, -0.15) is 0 Å². The predicted octanol–water partition coefficient (Wildman–Crippen LogP) is 23.6. The van der Waals surface area contributed by atoms with Crippen molar-refractivity contribution in [3.63, 3.8) is 0 Å². The third-order valence-corrected chi connectivity index (χ3v) is 16.0. The van der Waals surface area contributed by atoms with Gasteiger partial charge in [-0.05, 0) is 38.5 Å². The first-order valence-electron chi connectivity index (χ1n) is 34.7. The van der Waals surface area contributed by atoms with Gasteiger partial charge in [0.05, 0.1) is 0 Å². The van der Waals surface area contributed by atoms with Crippen LogP contribution in [0.4, 0.5) is 0 Å². The first kappa shape index (κ1) is 74.2. The zero-order valence-electron chi connectivity index (χ0n) is 51.8. The molecule has 76 heavy (non-hydrogen) atoms. The molecule has 0 aliphatic heterocycles. The van der Waals surface area contributed by atoms with Crippen LogP contribution in [0.25, 0.3) is 0 Å². The number of rotatable bonds is 65. The summed E-state index contributed by atoms with van der Waals surface area (Å²) in [6.45, 7) is 6.68. The summed E-state index contributed by atoms with van der Waals surface area (Å²) in [4.78, 5) is 38.3. The molecule has 450 valence electrons. The van der Waals surface area contributed by atoms with E-state index in [1.54, 1.807) is 0 Å². The van der Waals surface area contributed by atoms with Crippen LogP contribution < -0.4 is 0 Å². The van der Waals surface area contributed by atoms with Crippen LogP contribution in [0.5, 0.6) is 0 Å². The molecule has 0 aromatic rings. The molecule has 0 amide bonds. The van der Waals surface area contributed by atoms with Gasteiger partial charge in [0.1, 0.15) is 13.2 Å². The number of carbonyl (C=O) groups is 3. The van der Waals surface area contributed by atoms with Crippen molar-refractivity contribution in [3.8, 4) is 0 Å². The smallest absolute Gasteiger partial charge is 0.306 e. The molecule has 0 saturated heterocycles. The fourth-order valence-corrected chi connectivity index (χ4v) is 10.8. The summed E-state index contributed by atoms with van der Waals surface area (Å²) in [6, 6.07) is 0. The minimum Gasteiger partial charge on any atom is -0.462 e. The quantitative estimate of drug-likeness (QED) is 0.0261. The summed E-state index contributed by atoms with van der Waals surface area (Å²) in [5.74, 6) is -0.845. The Morgan fingerprint density at radius 3 is 0.697 bits per heavy atom. The van der Waals surface area contributed by atoms with E-state index in [1.165, 1.54) is 295 Å². The molecule has 0 rings (SSSR count). The zero-order valence-corrected chi connectivity index (χ0v) is 51.8. The fourth-order valence-electron chi connectivity index (χ4n) is 10.8. The van der Waals surface area contributed by atoms with Crippen LogP contribution in [0.1, 0.15) is 400 Å². The van der Waals surface area contributed by atoms with Crippen molar-refractivity contribution in [2.24, 2.45) is 0 Å². The number of allylic oxidation sites excluding steroid dienone is 2. The van der Waals surface area contributed by atoms with Gasteiger partial charge in [-0.25, -0.2) is 0 Å². The van der Waals surface area contributed by atoms with E-state index in [9.17, 15) is 14.4 Å². The minimum atomic E-state index is -0.769. The van der Waals surface area contributed by atoms with Gasteiger partial charge in [-0.15, -0.1) is 0 Å². The Bertz CT molecular complexity index is 1180. The van der Waals surface area contributed by atoms with Crippen LogP contribution in [0, 0.1) is 0 Å². The van der Waals surface area contributed by atoms with E-state index in [0.717, 1.165) is 64.2 Å². The summed E-state index contributed by atoms with van der Waals surface area (Å²) >= 11 is 0. The Labute approximate surface area is 475 Å². The number of esters is 3. The minimum absolute atomic E-state index is 0.0661. The lowest BCUT2D eigenvalue weighted by Gasteiger charge is -2.18. The van der Waals surface area contributed by atoms with Crippen molar-refractivity contribution in [3.05, 3.63) is 12.2 Å². The summed E-state index contributed by atoms with van der Waals surface area (Å²) in [5, 5.41) is 0. The first-order chi connectivity index (χ1) is 37.5. The summed E-state index contributed by atoms with van der Waals surface area (Å²) < 4.78 is 16.9. The highest BCUT2D eigenvalue weighted by Gasteiger charge is 2.19. The number of hydrogen-bond donors (Lipinski definition) is 0. The monoisotopic (exact) mass is 1070 g/mol. The summed E-state index contributed by atoms with van der Waals surface area (Å²) in [5.41, 5.74) is 0. The van der Waals surface area contributed by atoms with Crippen molar-refractivity contribution in [1.82, 2.24) is 0 Å². The van der Waals surface area contributed by atoms with Crippen molar-refractivity contribution in [1.29, 1.82) is 0 Å². The highest BCUT2D eigenvalue weighted by atomic mass is 16.6. The average Bonchev–Trinajstić information content (AvgIpc) is 3.42. The molecule has 6 nitrogen and oxygen atoms in total. The largest absolute Gasteiger partial charge is 0.462 e. The second-order valence-electron chi connectivity index (χ2n) is 23.8. The van der Waals surface area contributed by atoms with E-state index < -0.39 is 6.10 Å². The molecule has 1 unspecified atom stereocenters. The average molecular weight is 1070 g/mol. The van der Waals surface area contributed by atoms with Gasteiger partial charge in [0.2, 0.25) is 0 Å². The van der Waals surface area contributed by atoms with E-state index in [1.807, 2.05) is 0 Å². The van der Waals surface area contributed by atoms with Gasteiger partial charge in [0, 0.05) is 19.3 Å². The standard InChI is InChI=1S/C70H134O6/c1-4-7-10-13-16-19-22-24-26-28-29-30-31-32-33-34-35-36-37-38-39-40-42-43-45-48-51-54-57-60-63-69(72)75-66-67(65-74-68(71)62-59-56-53-50-47-21-18-15-12-9-6-3)76-70(73)64-61-58-55-52-49-46-44-41-27-25-23-20-17-14-11-8-5-2/h15,18,67H,4-14,16-17,19-66H2,1-3H3/b18-15-.